The molecule has 0 unspecified atom stereocenters. The van der Waals surface area contributed by atoms with Crippen LogP contribution in [0.4, 0.5) is 0 Å². The average molecular weight is 458 g/mol. The van der Waals surface area contributed by atoms with Crippen molar-refractivity contribution in [1.29, 1.82) is 0 Å². The second-order valence-electron chi connectivity index (χ2n) is 7.93. The first-order valence-electron chi connectivity index (χ1n) is 12.4. The molecule has 0 aliphatic rings. The molecule has 0 saturated carbocycles. The van der Waals surface area contributed by atoms with Crippen LogP contribution in [0.5, 0.6) is 0 Å². The van der Waals surface area contributed by atoms with Gasteiger partial charge in [-0.3, -0.25) is 4.79 Å². The number of fused-ring (bicyclic) bond motifs is 1. The molecule has 0 atom stereocenters. The molecule has 1 amide bonds. The van der Waals surface area contributed by atoms with Crippen LogP contribution in [0.15, 0.2) is 97.2 Å². The Hall–Kier alpha value is -3.40. The molecule has 4 nitrogen and oxygen atoms in total. The lowest BCUT2D eigenvalue weighted by Gasteiger charge is -2.01. The van der Waals surface area contributed by atoms with Crippen molar-refractivity contribution in [3.63, 3.8) is 0 Å². The van der Waals surface area contributed by atoms with Crippen LogP contribution in [0, 0.1) is 0 Å². The summed E-state index contributed by atoms with van der Waals surface area (Å²) in [7, 11) is 0. The van der Waals surface area contributed by atoms with Crippen LogP contribution >= 0.6 is 0 Å². The van der Waals surface area contributed by atoms with Gasteiger partial charge in [0.05, 0.1) is 17.6 Å². The molecule has 0 aliphatic carbocycles. The molecule has 180 valence electrons. The molecular weight excluding hydrogens is 418 g/mol. The normalized spacial score (nSPS) is 12.7. The maximum Gasteiger partial charge on any atom is 0.220 e. The first-order valence-corrected chi connectivity index (χ1v) is 12.4. The molecule has 1 aromatic carbocycles. The fourth-order valence-electron chi connectivity index (χ4n) is 3.21. The van der Waals surface area contributed by atoms with E-state index in [2.05, 4.69) is 95.1 Å². The van der Waals surface area contributed by atoms with Crippen molar-refractivity contribution in [2.75, 3.05) is 0 Å². The number of carbonyl (C=O) groups excluding carboxylic acids is 1. The van der Waals surface area contributed by atoms with Crippen LogP contribution in [-0.4, -0.2) is 15.9 Å². The maximum absolute atomic E-state index is 12.0. The van der Waals surface area contributed by atoms with Gasteiger partial charge in [-0.2, -0.15) is 0 Å². The van der Waals surface area contributed by atoms with E-state index in [4.69, 9.17) is 0 Å². The van der Waals surface area contributed by atoms with Crippen LogP contribution in [0.2, 0.25) is 0 Å². The zero-order chi connectivity index (χ0) is 24.1. The van der Waals surface area contributed by atoms with E-state index in [-0.39, 0.29) is 5.91 Å². The first-order chi connectivity index (χ1) is 16.8. The summed E-state index contributed by atoms with van der Waals surface area (Å²) in [6.45, 7) is 2.58. The van der Waals surface area contributed by atoms with E-state index in [1.54, 1.807) is 0 Å². The molecule has 0 bridgehead atoms. The van der Waals surface area contributed by atoms with Gasteiger partial charge >= 0.3 is 0 Å². The van der Waals surface area contributed by atoms with E-state index in [9.17, 15) is 4.79 Å². The Morgan fingerprint density at radius 3 is 1.88 bits per heavy atom. The molecule has 2 aromatic rings. The van der Waals surface area contributed by atoms with Crippen LogP contribution < -0.4 is 5.32 Å². The summed E-state index contributed by atoms with van der Waals surface area (Å²) >= 11 is 0. The predicted molar refractivity (Wildman–Crippen MR) is 145 cm³/mol. The number of carbonyl (C=O) groups is 1. The van der Waals surface area contributed by atoms with E-state index < -0.39 is 0 Å². The standard InChI is InChI=1S/C30H39N3O/c1-2-3-4-5-6-7-8-9-10-11-12-13-14-15-16-17-18-19-20-25-30(34)31-26-29-32-27-23-21-22-24-28(27)33-29/h3-4,6-7,9-10,12-13,15-16,18-19,21-24H,2,5,8,11,14,17,20,25-26H2,1H3,(H,31,34)(H,32,33). The predicted octanol–water partition coefficient (Wildman–Crippen LogP) is 7.66. The van der Waals surface area contributed by atoms with Crippen molar-refractivity contribution in [3.8, 4) is 0 Å². The second kappa shape index (κ2) is 18.1. The molecule has 2 rings (SSSR count). The number of benzene rings is 1. The van der Waals surface area contributed by atoms with Gasteiger partial charge in [-0.1, -0.05) is 92.0 Å². The second-order valence-corrected chi connectivity index (χ2v) is 7.93. The Balaban J connectivity index is 1.45. The lowest BCUT2D eigenvalue weighted by Crippen LogP contribution is -2.22. The van der Waals surface area contributed by atoms with Gasteiger partial charge in [-0.15, -0.1) is 0 Å². The number of para-hydroxylation sites is 2. The van der Waals surface area contributed by atoms with Gasteiger partial charge < -0.3 is 10.3 Å². The third kappa shape index (κ3) is 12.6. The number of aromatic nitrogens is 2. The number of hydrogen-bond acceptors (Lipinski definition) is 2. The van der Waals surface area contributed by atoms with Gasteiger partial charge in [0.25, 0.3) is 0 Å². The summed E-state index contributed by atoms with van der Waals surface area (Å²) in [5.41, 5.74) is 1.91. The summed E-state index contributed by atoms with van der Waals surface area (Å²) in [6, 6.07) is 7.86. The number of hydrogen-bond donors (Lipinski definition) is 2. The molecule has 1 heterocycles. The highest BCUT2D eigenvalue weighted by molar-refractivity contribution is 5.77. The Bertz CT molecular complexity index is 972. The van der Waals surface area contributed by atoms with Crippen LogP contribution in [0.3, 0.4) is 0 Å². The van der Waals surface area contributed by atoms with Crippen molar-refractivity contribution >= 4 is 16.9 Å². The minimum Gasteiger partial charge on any atom is -0.349 e. The molecule has 0 spiro atoms. The monoisotopic (exact) mass is 457 g/mol. The third-order valence-corrected chi connectivity index (χ3v) is 5.03. The van der Waals surface area contributed by atoms with E-state index in [0.29, 0.717) is 13.0 Å². The van der Waals surface area contributed by atoms with Crippen molar-refractivity contribution in [2.45, 2.75) is 64.8 Å². The Labute approximate surface area is 205 Å². The fourth-order valence-corrected chi connectivity index (χ4v) is 3.21. The highest BCUT2D eigenvalue weighted by Gasteiger charge is 2.04. The molecule has 0 fully saturated rings. The van der Waals surface area contributed by atoms with E-state index >= 15 is 0 Å². The van der Waals surface area contributed by atoms with Gasteiger partial charge in [-0.25, -0.2) is 4.98 Å². The quantitative estimate of drug-likeness (QED) is 0.254. The SMILES string of the molecule is CCC=CCC=CCC=CCC=CCC=CCC=CCCC(=O)NCc1nc2ccccc2[nH]1. The number of imidazole rings is 1. The molecule has 34 heavy (non-hydrogen) atoms. The number of rotatable bonds is 16. The Morgan fingerprint density at radius 1 is 0.794 bits per heavy atom. The zero-order valence-electron chi connectivity index (χ0n) is 20.5. The lowest BCUT2D eigenvalue weighted by molar-refractivity contribution is -0.121. The number of amides is 1. The smallest absolute Gasteiger partial charge is 0.220 e. The number of nitrogens with one attached hydrogen (secondary N) is 2. The summed E-state index contributed by atoms with van der Waals surface area (Å²) < 4.78 is 0. The maximum atomic E-state index is 12.0. The number of aromatic amines is 1. The number of H-pyrrole nitrogens is 1. The average Bonchev–Trinajstić information content (AvgIpc) is 3.27. The molecule has 4 heteroatoms. The molecule has 2 N–H and O–H groups in total. The van der Waals surface area contributed by atoms with Gasteiger partial charge in [0, 0.05) is 6.42 Å². The minimum absolute atomic E-state index is 0.0417. The highest BCUT2D eigenvalue weighted by atomic mass is 16.1. The largest absolute Gasteiger partial charge is 0.349 e. The summed E-state index contributed by atoms with van der Waals surface area (Å²) in [5, 5.41) is 2.92. The first kappa shape index (κ1) is 26.8. The lowest BCUT2D eigenvalue weighted by atomic mass is 10.2. The van der Waals surface area contributed by atoms with Crippen LogP contribution in [-0.2, 0) is 11.3 Å². The molecular formula is C30H39N3O. The zero-order valence-corrected chi connectivity index (χ0v) is 20.5. The van der Waals surface area contributed by atoms with E-state index in [1.165, 1.54) is 0 Å². The number of allylic oxidation sites excluding steroid dienone is 12. The summed E-state index contributed by atoms with van der Waals surface area (Å²) in [6.07, 6.45) is 33.4. The van der Waals surface area contributed by atoms with Crippen molar-refractivity contribution in [1.82, 2.24) is 15.3 Å². The van der Waals surface area contributed by atoms with E-state index in [0.717, 1.165) is 61.8 Å². The van der Waals surface area contributed by atoms with Gasteiger partial charge in [0.1, 0.15) is 5.82 Å². The van der Waals surface area contributed by atoms with Gasteiger partial charge in [-0.05, 0) is 57.1 Å². The number of nitrogens with zero attached hydrogens (tertiary/aromatic N) is 1. The summed E-state index contributed by atoms with van der Waals surface area (Å²) in [5.74, 6) is 0.823. The van der Waals surface area contributed by atoms with Crippen molar-refractivity contribution in [2.24, 2.45) is 0 Å². The molecule has 0 aliphatic heterocycles. The highest BCUT2D eigenvalue weighted by Crippen LogP contribution is 2.10. The molecule has 0 radical (unpaired) electrons. The van der Waals surface area contributed by atoms with Crippen LogP contribution in [0.1, 0.15) is 64.1 Å². The van der Waals surface area contributed by atoms with Crippen molar-refractivity contribution < 1.29 is 4.79 Å². The van der Waals surface area contributed by atoms with E-state index in [1.807, 2.05) is 24.3 Å². The van der Waals surface area contributed by atoms with Gasteiger partial charge in [0.2, 0.25) is 5.91 Å². The Kier molecular flexibility index (Phi) is 14.3. The van der Waals surface area contributed by atoms with Gasteiger partial charge in [0.15, 0.2) is 0 Å². The minimum atomic E-state index is 0.0417. The van der Waals surface area contributed by atoms with Crippen LogP contribution in [0.25, 0.3) is 11.0 Å². The molecule has 0 saturated heterocycles. The molecule has 1 aromatic heterocycles. The van der Waals surface area contributed by atoms with Crippen molar-refractivity contribution in [3.05, 3.63) is 103 Å². The fraction of sp³-hybridized carbons (Fsp3) is 0.333. The third-order valence-electron chi connectivity index (χ3n) is 5.03. The summed E-state index contributed by atoms with van der Waals surface area (Å²) in [4.78, 5) is 19.7. The Morgan fingerprint density at radius 2 is 1.32 bits per heavy atom. The topological polar surface area (TPSA) is 57.8 Å².